The van der Waals surface area contributed by atoms with E-state index < -0.39 is 0 Å². The number of rotatable bonds is 1. The third kappa shape index (κ3) is 2.27. The second-order valence-corrected chi connectivity index (χ2v) is 2.83. The minimum Gasteiger partial charge on any atom is -0.317 e. The van der Waals surface area contributed by atoms with Crippen molar-refractivity contribution in [3.8, 4) is 0 Å². The van der Waals surface area contributed by atoms with Gasteiger partial charge in [-0.2, -0.15) is 0 Å². The van der Waals surface area contributed by atoms with Crippen LogP contribution in [0.3, 0.4) is 0 Å². The summed E-state index contributed by atoms with van der Waals surface area (Å²) < 4.78 is 0. The van der Waals surface area contributed by atoms with Gasteiger partial charge in [0.1, 0.15) is 0 Å². The summed E-state index contributed by atoms with van der Waals surface area (Å²) in [6.45, 7) is 0.695. The summed E-state index contributed by atoms with van der Waals surface area (Å²) in [5.41, 5.74) is 0. The summed E-state index contributed by atoms with van der Waals surface area (Å²) in [4.78, 5) is 11.9. The second kappa shape index (κ2) is 4.17. The molecule has 1 heterocycles. The first-order chi connectivity index (χ1) is 4.93. The van der Waals surface area contributed by atoms with Crippen LogP contribution in [0, 0.1) is 0 Å². The first kappa shape index (κ1) is 7.41. The van der Waals surface area contributed by atoms with E-state index in [9.17, 15) is 4.79 Å². The fourth-order valence-corrected chi connectivity index (χ4v) is 1.24. The zero-order chi connectivity index (χ0) is 7.23. The normalized spacial score (nSPS) is 18.2. The van der Waals surface area contributed by atoms with Crippen LogP contribution >= 0.6 is 11.8 Å². The smallest absolute Gasteiger partial charge is 0.213 e. The molecule has 0 aromatic carbocycles. The molecule has 0 saturated carbocycles. The summed E-state index contributed by atoms with van der Waals surface area (Å²) in [5, 5.41) is 1.93. The molecule has 1 aliphatic heterocycles. The summed E-state index contributed by atoms with van der Waals surface area (Å²) in [7, 11) is 0. The van der Waals surface area contributed by atoms with Gasteiger partial charge in [0.05, 0.1) is 0 Å². The maximum absolute atomic E-state index is 10.3. The average molecular weight is 155 g/mol. The number of hydrogen-bond donors (Lipinski definition) is 0. The Morgan fingerprint density at radius 2 is 2.40 bits per heavy atom. The van der Waals surface area contributed by atoms with Gasteiger partial charge in [-0.1, -0.05) is 12.2 Å². The first-order valence-electron chi connectivity index (χ1n) is 3.08. The predicted octanol–water partition coefficient (Wildman–Crippen LogP) is 1.22. The summed E-state index contributed by atoms with van der Waals surface area (Å²) in [6.07, 6.45) is 6.67. The quantitative estimate of drug-likeness (QED) is 0.419. The average Bonchev–Trinajstić information content (AvgIpc) is 1.87. The van der Waals surface area contributed by atoms with E-state index in [4.69, 9.17) is 0 Å². The molecule has 10 heavy (non-hydrogen) atoms. The molecule has 0 aromatic rings. The van der Waals surface area contributed by atoms with E-state index in [-0.39, 0.29) is 0 Å². The van der Waals surface area contributed by atoms with Crippen LogP contribution in [-0.4, -0.2) is 23.6 Å². The Balaban J connectivity index is 2.48. The van der Waals surface area contributed by atoms with Crippen molar-refractivity contribution in [1.82, 2.24) is 4.90 Å². The molecule has 1 rings (SSSR count). The van der Waals surface area contributed by atoms with Gasteiger partial charge in [-0.25, -0.2) is 0 Å². The lowest BCUT2D eigenvalue weighted by molar-refractivity contribution is -0.115. The van der Waals surface area contributed by atoms with Crippen LogP contribution < -0.4 is 0 Å². The molecule has 0 fully saturated rings. The first-order valence-corrected chi connectivity index (χ1v) is 4.12. The molecule has 0 atom stereocenters. The van der Waals surface area contributed by atoms with Crippen LogP contribution in [0.25, 0.3) is 0 Å². The molecule has 0 saturated heterocycles. The van der Waals surface area contributed by atoms with E-state index in [1.807, 2.05) is 11.5 Å². The molecule has 0 spiro atoms. The minimum atomic E-state index is 0.695. The lowest BCUT2D eigenvalue weighted by Crippen LogP contribution is -2.14. The Labute approximate surface area is 64.6 Å². The van der Waals surface area contributed by atoms with Gasteiger partial charge in [-0.05, 0) is 5.41 Å². The van der Waals surface area contributed by atoms with Crippen molar-refractivity contribution >= 4 is 18.2 Å². The highest BCUT2D eigenvalue weighted by molar-refractivity contribution is 8.02. The Morgan fingerprint density at radius 1 is 1.50 bits per heavy atom. The topological polar surface area (TPSA) is 20.3 Å². The zero-order valence-electron chi connectivity index (χ0n) is 5.56. The van der Waals surface area contributed by atoms with Crippen molar-refractivity contribution in [1.29, 1.82) is 0 Å². The zero-order valence-corrected chi connectivity index (χ0v) is 6.38. The molecule has 0 aromatic heterocycles. The third-order valence-electron chi connectivity index (χ3n) is 1.16. The van der Waals surface area contributed by atoms with Gasteiger partial charge >= 0.3 is 0 Å². The van der Waals surface area contributed by atoms with Gasteiger partial charge in [-0.3, -0.25) is 4.79 Å². The highest BCUT2D eigenvalue weighted by Crippen LogP contribution is 2.05. The van der Waals surface area contributed by atoms with Gasteiger partial charge in [0.15, 0.2) is 0 Å². The van der Waals surface area contributed by atoms with Crippen molar-refractivity contribution < 1.29 is 4.79 Å². The Morgan fingerprint density at radius 3 is 3.20 bits per heavy atom. The van der Waals surface area contributed by atoms with E-state index in [0.717, 1.165) is 12.2 Å². The van der Waals surface area contributed by atoms with Gasteiger partial charge in [0, 0.05) is 18.5 Å². The number of thioether (sulfide) groups is 1. The van der Waals surface area contributed by atoms with Gasteiger partial charge in [-0.15, -0.1) is 11.8 Å². The fourth-order valence-electron chi connectivity index (χ4n) is 0.636. The number of carbonyl (C=O) groups is 1. The van der Waals surface area contributed by atoms with Crippen LogP contribution in [0.5, 0.6) is 0 Å². The number of carbonyl (C=O) groups excluding carboxylic acids is 1. The number of amides is 1. The molecular weight excluding hydrogens is 146 g/mol. The third-order valence-corrected chi connectivity index (χ3v) is 1.86. The molecule has 0 radical (unpaired) electrons. The van der Waals surface area contributed by atoms with Gasteiger partial charge in [0.2, 0.25) is 6.41 Å². The van der Waals surface area contributed by atoms with E-state index in [0.29, 0.717) is 6.54 Å². The van der Waals surface area contributed by atoms with Crippen LogP contribution in [0.2, 0.25) is 0 Å². The molecule has 54 valence electrons. The molecule has 0 aliphatic carbocycles. The van der Waals surface area contributed by atoms with Crippen molar-refractivity contribution in [2.45, 2.75) is 0 Å². The largest absolute Gasteiger partial charge is 0.317 e. The van der Waals surface area contributed by atoms with Crippen LogP contribution in [-0.2, 0) is 4.79 Å². The van der Waals surface area contributed by atoms with Gasteiger partial charge in [0.25, 0.3) is 0 Å². The van der Waals surface area contributed by atoms with E-state index >= 15 is 0 Å². The molecule has 3 heteroatoms. The van der Waals surface area contributed by atoms with Crippen molar-refractivity contribution in [2.75, 3.05) is 12.3 Å². The van der Waals surface area contributed by atoms with Crippen LogP contribution in [0.4, 0.5) is 0 Å². The monoisotopic (exact) mass is 155 g/mol. The number of hydrogen-bond acceptors (Lipinski definition) is 2. The van der Waals surface area contributed by atoms with Crippen molar-refractivity contribution in [3.05, 3.63) is 23.8 Å². The molecule has 0 unspecified atom stereocenters. The van der Waals surface area contributed by atoms with E-state index in [1.165, 1.54) is 0 Å². The summed E-state index contributed by atoms with van der Waals surface area (Å²) in [5.74, 6) is 1.00. The number of nitrogens with zero attached hydrogens (tertiary/aromatic N) is 1. The van der Waals surface area contributed by atoms with E-state index in [1.54, 1.807) is 22.9 Å². The van der Waals surface area contributed by atoms with Crippen LogP contribution in [0.15, 0.2) is 23.8 Å². The maximum Gasteiger partial charge on any atom is 0.213 e. The highest BCUT2D eigenvalue weighted by atomic mass is 32.2. The fraction of sp³-hybridized carbons (Fsp3) is 0.286. The molecule has 1 aliphatic rings. The second-order valence-electron chi connectivity index (χ2n) is 1.89. The Bertz CT molecular complexity index is 165. The predicted molar refractivity (Wildman–Crippen MR) is 43.5 cm³/mol. The van der Waals surface area contributed by atoms with E-state index in [2.05, 4.69) is 6.08 Å². The van der Waals surface area contributed by atoms with Crippen molar-refractivity contribution in [3.63, 3.8) is 0 Å². The lowest BCUT2D eigenvalue weighted by atomic mass is 10.5. The highest BCUT2D eigenvalue weighted by Gasteiger charge is 1.93. The minimum absolute atomic E-state index is 0.695. The van der Waals surface area contributed by atoms with Gasteiger partial charge < -0.3 is 4.90 Å². The Hall–Kier alpha value is -0.700. The van der Waals surface area contributed by atoms with Crippen LogP contribution in [0.1, 0.15) is 0 Å². The molecule has 2 nitrogen and oxygen atoms in total. The lowest BCUT2D eigenvalue weighted by Gasteiger charge is -2.09. The van der Waals surface area contributed by atoms with Crippen molar-refractivity contribution in [2.24, 2.45) is 0 Å². The summed E-state index contributed by atoms with van der Waals surface area (Å²) >= 11 is 1.68. The standard InChI is InChI=1S/C7H9NOS/c9-7-8-3-1-2-5-10-6-4-8/h1-2,4,6-7H,3,5H2. The summed E-state index contributed by atoms with van der Waals surface area (Å²) in [6, 6.07) is 0. The maximum atomic E-state index is 10.3. The molecule has 0 N–H and O–H groups in total. The SMILES string of the molecule is O=CN1C=CSCC=CC1. The molecule has 1 amide bonds. The molecular formula is C7H9NOS. The molecule has 0 bridgehead atoms. The Kier molecular flexibility index (Phi) is 3.09.